The average molecular weight is 336 g/mol. The van der Waals surface area contributed by atoms with Gasteiger partial charge in [-0.3, -0.25) is 0 Å². The Morgan fingerprint density at radius 3 is 2.83 bits per heavy atom. The Bertz CT molecular complexity index is 614. The lowest BCUT2D eigenvalue weighted by Gasteiger charge is -2.32. The second-order valence-electron chi connectivity index (χ2n) is 6.45. The number of β-amino-alcohol motifs (C(OH)–C–C–N with tert-alkyl or cyclic N) is 1. The standard InChI is InChI=1S/C19H25NO2.ClH/c1-15-6-5-11-20(12-15)13-17(21)14-22-19-10-4-8-16-7-2-3-9-18(16)19;/h2-4,7-10,15,17,21H,5-6,11-14H2,1H3;1H. The largest absolute Gasteiger partial charge is 0.490 e. The van der Waals surface area contributed by atoms with E-state index in [4.69, 9.17) is 4.74 Å². The number of ether oxygens (including phenoxy) is 1. The summed E-state index contributed by atoms with van der Waals surface area (Å²) in [6.07, 6.45) is 2.10. The van der Waals surface area contributed by atoms with Crippen LogP contribution in [-0.2, 0) is 0 Å². The van der Waals surface area contributed by atoms with Gasteiger partial charge in [0.2, 0.25) is 0 Å². The Kier molecular flexibility index (Phi) is 6.70. The zero-order valence-corrected chi connectivity index (χ0v) is 14.5. The number of hydrogen-bond donors (Lipinski definition) is 1. The number of rotatable bonds is 5. The quantitative estimate of drug-likeness (QED) is 0.903. The molecule has 3 rings (SSSR count). The zero-order chi connectivity index (χ0) is 15.4. The molecule has 2 aromatic carbocycles. The van der Waals surface area contributed by atoms with Gasteiger partial charge in [0.1, 0.15) is 18.5 Å². The van der Waals surface area contributed by atoms with Crippen molar-refractivity contribution in [3.63, 3.8) is 0 Å². The van der Waals surface area contributed by atoms with Crippen LogP contribution in [0, 0.1) is 5.92 Å². The molecule has 1 aliphatic heterocycles. The van der Waals surface area contributed by atoms with Crippen molar-refractivity contribution in [3.8, 4) is 5.75 Å². The van der Waals surface area contributed by atoms with Crippen LogP contribution in [0.4, 0.5) is 0 Å². The van der Waals surface area contributed by atoms with E-state index in [1.54, 1.807) is 0 Å². The maximum atomic E-state index is 10.3. The molecule has 0 radical (unpaired) electrons. The lowest BCUT2D eigenvalue weighted by molar-refractivity contribution is 0.0541. The van der Waals surface area contributed by atoms with Crippen molar-refractivity contribution >= 4 is 23.2 Å². The van der Waals surface area contributed by atoms with Crippen molar-refractivity contribution in [2.45, 2.75) is 25.9 Å². The molecule has 23 heavy (non-hydrogen) atoms. The van der Waals surface area contributed by atoms with E-state index < -0.39 is 6.10 Å². The molecule has 1 saturated heterocycles. The first kappa shape index (κ1) is 18.1. The van der Waals surface area contributed by atoms with Crippen LogP contribution >= 0.6 is 12.4 Å². The number of fused-ring (bicyclic) bond motifs is 1. The highest BCUT2D eigenvalue weighted by molar-refractivity contribution is 5.88. The van der Waals surface area contributed by atoms with Crippen LogP contribution in [-0.4, -0.2) is 42.4 Å². The van der Waals surface area contributed by atoms with Crippen LogP contribution in [0.25, 0.3) is 10.8 Å². The summed E-state index contributed by atoms with van der Waals surface area (Å²) in [6, 6.07) is 14.2. The van der Waals surface area contributed by atoms with Crippen LogP contribution in [0.2, 0.25) is 0 Å². The molecule has 0 bridgehead atoms. The van der Waals surface area contributed by atoms with E-state index in [1.165, 1.54) is 18.2 Å². The molecule has 0 aliphatic carbocycles. The molecule has 126 valence electrons. The molecule has 1 heterocycles. The number of halogens is 1. The van der Waals surface area contributed by atoms with Crippen LogP contribution < -0.4 is 4.74 Å². The molecular formula is C19H26ClNO2. The predicted octanol–water partition coefficient (Wildman–Crippen LogP) is 3.73. The number of piperidine rings is 1. The molecule has 2 unspecified atom stereocenters. The van der Waals surface area contributed by atoms with E-state index >= 15 is 0 Å². The first-order valence-corrected chi connectivity index (χ1v) is 8.23. The van der Waals surface area contributed by atoms with Crippen molar-refractivity contribution in [2.24, 2.45) is 5.92 Å². The van der Waals surface area contributed by atoms with Gasteiger partial charge in [0, 0.05) is 18.5 Å². The topological polar surface area (TPSA) is 32.7 Å². The Hall–Kier alpha value is -1.29. The first-order chi connectivity index (χ1) is 10.7. The van der Waals surface area contributed by atoms with Crippen molar-refractivity contribution in [2.75, 3.05) is 26.2 Å². The van der Waals surface area contributed by atoms with Gasteiger partial charge in [-0.2, -0.15) is 0 Å². The third-order valence-corrected chi connectivity index (χ3v) is 4.39. The molecule has 1 aliphatic rings. The van der Waals surface area contributed by atoms with Crippen molar-refractivity contribution in [1.29, 1.82) is 0 Å². The molecule has 0 saturated carbocycles. The smallest absolute Gasteiger partial charge is 0.127 e. The van der Waals surface area contributed by atoms with Crippen molar-refractivity contribution in [1.82, 2.24) is 4.90 Å². The second kappa shape index (κ2) is 8.53. The molecule has 3 nitrogen and oxygen atoms in total. The van der Waals surface area contributed by atoms with Crippen molar-refractivity contribution < 1.29 is 9.84 Å². The lowest BCUT2D eigenvalue weighted by Crippen LogP contribution is -2.41. The fourth-order valence-electron chi connectivity index (χ4n) is 3.31. The summed E-state index contributed by atoms with van der Waals surface area (Å²) in [6.45, 7) is 5.51. The number of benzene rings is 2. The summed E-state index contributed by atoms with van der Waals surface area (Å²) < 4.78 is 5.87. The second-order valence-corrected chi connectivity index (χ2v) is 6.45. The number of likely N-dealkylation sites (tertiary alicyclic amines) is 1. The maximum Gasteiger partial charge on any atom is 0.127 e. The average Bonchev–Trinajstić information content (AvgIpc) is 2.53. The summed E-state index contributed by atoms with van der Waals surface area (Å²) in [5.74, 6) is 1.59. The van der Waals surface area contributed by atoms with Gasteiger partial charge in [-0.1, -0.05) is 43.3 Å². The number of hydrogen-bond acceptors (Lipinski definition) is 3. The Morgan fingerprint density at radius 1 is 1.22 bits per heavy atom. The minimum Gasteiger partial charge on any atom is -0.490 e. The van der Waals surface area contributed by atoms with Gasteiger partial charge in [-0.05, 0) is 36.8 Å². The minimum atomic E-state index is -0.440. The summed E-state index contributed by atoms with van der Waals surface area (Å²) >= 11 is 0. The third-order valence-electron chi connectivity index (χ3n) is 4.39. The van der Waals surface area contributed by atoms with Gasteiger partial charge in [0.15, 0.2) is 0 Å². The molecule has 1 N–H and O–H groups in total. The summed E-state index contributed by atoms with van der Waals surface area (Å²) in [4.78, 5) is 2.35. The fourth-order valence-corrected chi connectivity index (χ4v) is 3.31. The Balaban J connectivity index is 0.00000192. The normalized spacial score (nSPS) is 20.0. The SMILES string of the molecule is CC1CCCN(CC(O)COc2cccc3ccccc23)C1.Cl. The molecule has 0 spiro atoms. The molecule has 2 aromatic rings. The van der Waals surface area contributed by atoms with Crippen LogP contribution in [0.5, 0.6) is 5.75 Å². The molecular weight excluding hydrogens is 310 g/mol. The van der Waals surface area contributed by atoms with Crippen molar-refractivity contribution in [3.05, 3.63) is 42.5 Å². The Morgan fingerprint density at radius 2 is 2.00 bits per heavy atom. The summed E-state index contributed by atoms with van der Waals surface area (Å²) in [7, 11) is 0. The van der Waals surface area contributed by atoms with E-state index in [0.29, 0.717) is 13.2 Å². The van der Waals surface area contributed by atoms with E-state index in [2.05, 4.69) is 30.0 Å². The van der Waals surface area contributed by atoms with E-state index in [1.807, 2.05) is 24.3 Å². The fraction of sp³-hybridized carbons (Fsp3) is 0.474. The van der Waals surface area contributed by atoms with Gasteiger partial charge in [0.25, 0.3) is 0 Å². The van der Waals surface area contributed by atoms with E-state index in [9.17, 15) is 5.11 Å². The Labute approximate surface area is 144 Å². The summed E-state index contributed by atoms with van der Waals surface area (Å²) in [5, 5.41) is 12.5. The van der Waals surface area contributed by atoms with Gasteiger partial charge >= 0.3 is 0 Å². The molecule has 4 heteroatoms. The highest BCUT2D eigenvalue weighted by Crippen LogP contribution is 2.25. The van der Waals surface area contributed by atoms with Gasteiger partial charge in [-0.25, -0.2) is 0 Å². The van der Waals surface area contributed by atoms with Gasteiger partial charge in [-0.15, -0.1) is 12.4 Å². The third kappa shape index (κ3) is 4.84. The number of aliphatic hydroxyl groups excluding tert-OH is 1. The highest BCUT2D eigenvalue weighted by atomic mass is 35.5. The molecule has 2 atom stereocenters. The minimum absolute atomic E-state index is 0. The van der Waals surface area contributed by atoms with Gasteiger partial charge in [0.05, 0.1) is 0 Å². The van der Waals surface area contributed by atoms with Gasteiger partial charge < -0.3 is 14.7 Å². The van der Waals surface area contributed by atoms with Crippen LogP contribution in [0.1, 0.15) is 19.8 Å². The number of aliphatic hydroxyl groups is 1. The van der Waals surface area contributed by atoms with Crippen LogP contribution in [0.3, 0.4) is 0 Å². The van der Waals surface area contributed by atoms with Crippen LogP contribution in [0.15, 0.2) is 42.5 Å². The zero-order valence-electron chi connectivity index (χ0n) is 13.6. The maximum absolute atomic E-state index is 10.3. The number of nitrogens with zero attached hydrogens (tertiary/aromatic N) is 1. The monoisotopic (exact) mass is 335 g/mol. The molecule has 0 amide bonds. The van der Waals surface area contributed by atoms with E-state index in [-0.39, 0.29) is 12.4 Å². The predicted molar refractivity (Wildman–Crippen MR) is 97.5 cm³/mol. The van der Waals surface area contributed by atoms with E-state index in [0.717, 1.165) is 30.1 Å². The summed E-state index contributed by atoms with van der Waals surface area (Å²) in [5.41, 5.74) is 0. The highest BCUT2D eigenvalue weighted by Gasteiger charge is 2.19. The molecule has 1 fully saturated rings. The first-order valence-electron chi connectivity index (χ1n) is 8.23. The lowest BCUT2D eigenvalue weighted by atomic mass is 10.0. The molecule has 0 aromatic heterocycles.